The van der Waals surface area contributed by atoms with Crippen molar-refractivity contribution in [3.05, 3.63) is 47.1 Å². The van der Waals surface area contributed by atoms with Crippen molar-refractivity contribution in [3.8, 4) is 0 Å². The maximum absolute atomic E-state index is 13.4. The Labute approximate surface area is 108 Å². The van der Waals surface area contributed by atoms with Crippen molar-refractivity contribution in [2.24, 2.45) is 5.73 Å². The Bertz CT molecular complexity index is 653. The highest BCUT2D eigenvalue weighted by molar-refractivity contribution is 7.94. The molecule has 7 heteroatoms. The largest absolute Gasteiger partial charge is 0.326 e. The number of hydrogen-bond donors (Lipinski definition) is 2. The Hall–Kier alpha value is -1.44. The van der Waals surface area contributed by atoms with Gasteiger partial charge in [0.2, 0.25) is 0 Å². The maximum Gasteiger partial charge on any atom is 0.271 e. The molecule has 96 valence electrons. The van der Waals surface area contributed by atoms with Gasteiger partial charge in [-0.25, -0.2) is 12.8 Å². The highest BCUT2D eigenvalue weighted by Gasteiger charge is 2.18. The summed E-state index contributed by atoms with van der Waals surface area (Å²) in [5, 5.41) is 1.66. The Balaban J connectivity index is 2.30. The van der Waals surface area contributed by atoms with Crippen LogP contribution in [0.3, 0.4) is 0 Å². The van der Waals surface area contributed by atoms with Crippen molar-refractivity contribution in [2.45, 2.75) is 10.8 Å². The minimum atomic E-state index is -3.75. The second-order valence-corrected chi connectivity index (χ2v) is 6.38. The predicted octanol–water partition coefficient (Wildman–Crippen LogP) is 2.15. The van der Waals surface area contributed by atoms with Gasteiger partial charge in [-0.1, -0.05) is 12.1 Å². The first-order valence-electron chi connectivity index (χ1n) is 5.08. The molecule has 2 aromatic rings. The van der Waals surface area contributed by atoms with Gasteiger partial charge in [-0.15, -0.1) is 11.3 Å². The molecule has 4 nitrogen and oxygen atoms in total. The van der Waals surface area contributed by atoms with Gasteiger partial charge in [0.1, 0.15) is 10.0 Å². The van der Waals surface area contributed by atoms with Crippen LogP contribution in [-0.4, -0.2) is 8.42 Å². The van der Waals surface area contributed by atoms with Crippen LogP contribution in [0.15, 0.2) is 39.9 Å². The number of hydrogen-bond acceptors (Lipinski definition) is 4. The number of anilines is 1. The Morgan fingerprint density at radius 1 is 1.33 bits per heavy atom. The maximum atomic E-state index is 13.4. The molecule has 0 aliphatic rings. The van der Waals surface area contributed by atoms with Gasteiger partial charge in [-0.2, -0.15) is 0 Å². The number of para-hydroxylation sites is 1. The van der Waals surface area contributed by atoms with Gasteiger partial charge in [-0.3, -0.25) is 4.72 Å². The summed E-state index contributed by atoms with van der Waals surface area (Å²) in [4.78, 5) is 0. The molecule has 0 unspecified atom stereocenters. The predicted molar refractivity (Wildman–Crippen MR) is 69.4 cm³/mol. The lowest BCUT2D eigenvalue weighted by atomic mass is 10.3. The van der Waals surface area contributed by atoms with E-state index in [9.17, 15) is 12.8 Å². The third kappa shape index (κ3) is 2.69. The van der Waals surface area contributed by atoms with Gasteiger partial charge in [0.25, 0.3) is 10.0 Å². The monoisotopic (exact) mass is 286 g/mol. The molecule has 0 bridgehead atoms. The molecule has 18 heavy (non-hydrogen) atoms. The average Bonchev–Trinajstić information content (AvgIpc) is 2.81. The number of thiophene rings is 1. The van der Waals surface area contributed by atoms with Gasteiger partial charge in [0.15, 0.2) is 0 Å². The molecule has 3 N–H and O–H groups in total. The van der Waals surface area contributed by atoms with E-state index in [1.54, 1.807) is 11.4 Å². The Morgan fingerprint density at radius 2 is 2.06 bits per heavy atom. The fourth-order valence-electron chi connectivity index (χ4n) is 1.34. The molecular formula is C11H11FN2O2S2. The minimum Gasteiger partial charge on any atom is -0.326 e. The fourth-order valence-corrected chi connectivity index (χ4v) is 3.63. The summed E-state index contributed by atoms with van der Waals surface area (Å²) in [6, 6.07) is 7.08. The first-order chi connectivity index (χ1) is 8.53. The van der Waals surface area contributed by atoms with Crippen LogP contribution < -0.4 is 10.5 Å². The quantitative estimate of drug-likeness (QED) is 0.904. The summed E-state index contributed by atoms with van der Waals surface area (Å²) in [5.74, 6) is -0.614. The van der Waals surface area contributed by atoms with Crippen molar-refractivity contribution < 1.29 is 12.8 Å². The van der Waals surface area contributed by atoms with E-state index in [4.69, 9.17) is 5.73 Å². The van der Waals surface area contributed by atoms with Gasteiger partial charge >= 0.3 is 0 Å². The molecule has 0 saturated carbocycles. The summed E-state index contributed by atoms with van der Waals surface area (Å²) in [6.45, 7) is 0.270. The summed E-state index contributed by atoms with van der Waals surface area (Å²) in [5.41, 5.74) is 6.08. The van der Waals surface area contributed by atoms with Crippen LogP contribution >= 0.6 is 11.3 Å². The molecule has 0 fully saturated rings. The number of sulfonamides is 1. The minimum absolute atomic E-state index is 0.0693. The van der Waals surface area contributed by atoms with Crippen molar-refractivity contribution in [1.29, 1.82) is 0 Å². The summed E-state index contributed by atoms with van der Waals surface area (Å²) < 4.78 is 39.6. The Morgan fingerprint density at radius 3 is 2.67 bits per heavy atom. The molecule has 2 rings (SSSR count). The van der Waals surface area contributed by atoms with Crippen LogP contribution in [0.2, 0.25) is 0 Å². The number of nitrogens with one attached hydrogen (secondary N) is 1. The zero-order chi connectivity index (χ0) is 13.2. The van der Waals surface area contributed by atoms with Gasteiger partial charge < -0.3 is 5.73 Å². The fraction of sp³-hybridized carbons (Fsp3) is 0.0909. The molecule has 0 radical (unpaired) electrons. The summed E-state index contributed by atoms with van der Waals surface area (Å²) in [6.07, 6.45) is 0. The van der Waals surface area contributed by atoms with E-state index >= 15 is 0 Å². The smallest absolute Gasteiger partial charge is 0.271 e. The second kappa shape index (κ2) is 5.05. The average molecular weight is 286 g/mol. The first-order valence-corrected chi connectivity index (χ1v) is 7.44. The lowest BCUT2D eigenvalue weighted by Crippen LogP contribution is -2.12. The zero-order valence-corrected chi connectivity index (χ0v) is 10.9. The molecule has 0 aliphatic heterocycles. The number of nitrogens with two attached hydrogens (primary N) is 1. The van der Waals surface area contributed by atoms with E-state index in [-0.39, 0.29) is 16.4 Å². The standard InChI is InChI=1S/C11H11FN2O2S2/c12-9-3-1-2-4-10(9)14-18(15,16)11-5-8(6-13)7-17-11/h1-5,7,14H,6,13H2. The molecule has 0 aliphatic carbocycles. The van der Waals surface area contributed by atoms with Crippen LogP contribution in [0.5, 0.6) is 0 Å². The van der Waals surface area contributed by atoms with Crippen molar-refractivity contribution in [3.63, 3.8) is 0 Å². The summed E-state index contributed by atoms with van der Waals surface area (Å²) >= 11 is 1.05. The summed E-state index contributed by atoms with van der Waals surface area (Å²) in [7, 11) is -3.75. The molecule has 1 aromatic carbocycles. The van der Waals surface area contributed by atoms with Crippen molar-refractivity contribution in [1.82, 2.24) is 0 Å². The van der Waals surface area contributed by atoms with E-state index < -0.39 is 15.8 Å². The zero-order valence-electron chi connectivity index (χ0n) is 9.26. The highest BCUT2D eigenvalue weighted by Crippen LogP contribution is 2.23. The van der Waals surface area contributed by atoms with Crippen LogP contribution in [0, 0.1) is 5.82 Å². The van der Waals surface area contributed by atoms with Gasteiger partial charge in [-0.05, 0) is 29.1 Å². The second-order valence-electron chi connectivity index (χ2n) is 3.56. The first kappa shape index (κ1) is 13.0. The molecule has 0 saturated heterocycles. The van der Waals surface area contributed by atoms with Crippen LogP contribution in [0.1, 0.15) is 5.56 Å². The molecule has 0 spiro atoms. The van der Waals surface area contributed by atoms with Crippen LogP contribution in [0.4, 0.5) is 10.1 Å². The van der Waals surface area contributed by atoms with E-state index in [1.165, 1.54) is 24.3 Å². The van der Waals surface area contributed by atoms with Gasteiger partial charge in [0.05, 0.1) is 5.69 Å². The number of halogens is 1. The van der Waals surface area contributed by atoms with Crippen molar-refractivity contribution in [2.75, 3.05) is 4.72 Å². The molecule has 1 heterocycles. The van der Waals surface area contributed by atoms with Crippen LogP contribution in [-0.2, 0) is 16.6 Å². The lowest BCUT2D eigenvalue weighted by Gasteiger charge is -2.06. The SMILES string of the molecule is NCc1csc(S(=O)(=O)Nc2ccccc2F)c1. The van der Waals surface area contributed by atoms with E-state index in [2.05, 4.69) is 4.72 Å². The van der Waals surface area contributed by atoms with E-state index in [0.29, 0.717) is 0 Å². The van der Waals surface area contributed by atoms with E-state index in [1.807, 2.05) is 0 Å². The van der Waals surface area contributed by atoms with Crippen LogP contribution in [0.25, 0.3) is 0 Å². The van der Waals surface area contributed by atoms with E-state index in [0.717, 1.165) is 16.9 Å². The Kier molecular flexibility index (Phi) is 3.65. The number of benzene rings is 1. The lowest BCUT2D eigenvalue weighted by molar-refractivity contribution is 0.600. The third-order valence-electron chi connectivity index (χ3n) is 2.25. The third-order valence-corrected chi connectivity index (χ3v) is 5.10. The number of rotatable bonds is 4. The van der Waals surface area contributed by atoms with Gasteiger partial charge in [0, 0.05) is 6.54 Å². The van der Waals surface area contributed by atoms with Crippen molar-refractivity contribution >= 4 is 27.0 Å². The topological polar surface area (TPSA) is 72.2 Å². The highest BCUT2D eigenvalue weighted by atomic mass is 32.2. The molecule has 0 amide bonds. The molecular weight excluding hydrogens is 275 g/mol. The molecule has 1 aromatic heterocycles. The normalized spacial score (nSPS) is 11.4. The molecule has 0 atom stereocenters.